The van der Waals surface area contributed by atoms with Gasteiger partial charge in [-0.2, -0.15) is 0 Å². The number of alkyl halides is 1. The fourth-order valence-electron chi connectivity index (χ4n) is 1.47. The molecule has 1 aliphatic rings. The zero-order chi connectivity index (χ0) is 10.9. The van der Waals surface area contributed by atoms with E-state index in [2.05, 4.69) is 15.9 Å². The Labute approximate surface area is 91.4 Å². The van der Waals surface area contributed by atoms with Crippen LogP contribution in [0.4, 0.5) is 0 Å². The second-order valence-corrected chi connectivity index (χ2v) is 4.83. The number of imide groups is 1. The number of β-amino-alcohol motifs (C(OH)–C–C–N with tert-alkyl or cyclic N) is 1. The highest BCUT2D eigenvalue weighted by atomic mass is 79.9. The van der Waals surface area contributed by atoms with Crippen LogP contribution >= 0.6 is 15.9 Å². The highest BCUT2D eigenvalue weighted by Gasteiger charge is 2.44. The quantitative estimate of drug-likeness (QED) is 0.597. The molecule has 1 unspecified atom stereocenters. The Kier molecular flexibility index (Phi) is 3.32. The van der Waals surface area contributed by atoms with Gasteiger partial charge in [-0.15, -0.1) is 0 Å². The number of hydrogen-bond acceptors (Lipinski definition) is 3. The van der Waals surface area contributed by atoms with Crippen molar-refractivity contribution in [3.05, 3.63) is 0 Å². The summed E-state index contributed by atoms with van der Waals surface area (Å²) >= 11 is 3.09. The number of aliphatic hydroxyl groups excluding tert-OH is 1. The molecule has 1 fully saturated rings. The Morgan fingerprint density at radius 1 is 1.57 bits per heavy atom. The van der Waals surface area contributed by atoms with E-state index in [-0.39, 0.29) is 24.8 Å². The van der Waals surface area contributed by atoms with Gasteiger partial charge in [-0.1, -0.05) is 29.8 Å². The van der Waals surface area contributed by atoms with E-state index in [1.54, 1.807) is 13.8 Å². The predicted octanol–water partition coefficient (Wildman–Crippen LogP) is 0.527. The van der Waals surface area contributed by atoms with E-state index >= 15 is 0 Å². The van der Waals surface area contributed by atoms with Gasteiger partial charge in [0.2, 0.25) is 11.8 Å². The number of likely N-dealkylation sites (tertiary alicyclic amines) is 1. The molecule has 1 saturated heterocycles. The topological polar surface area (TPSA) is 57.6 Å². The normalized spacial score (nSPS) is 23.0. The van der Waals surface area contributed by atoms with E-state index in [1.165, 1.54) is 0 Å². The molecule has 1 aliphatic heterocycles. The molecule has 1 atom stereocenters. The lowest BCUT2D eigenvalue weighted by atomic mass is 9.92. The molecule has 0 bridgehead atoms. The van der Waals surface area contributed by atoms with Crippen molar-refractivity contribution >= 4 is 27.7 Å². The summed E-state index contributed by atoms with van der Waals surface area (Å²) in [6.07, 6.45) is -0.447. The lowest BCUT2D eigenvalue weighted by Gasteiger charge is -2.19. The Morgan fingerprint density at radius 3 is 2.50 bits per heavy atom. The smallest absolute Gasteiger partial charge is 0.235 e. The molecular weight excluding hydrogens is 250 g/mol. The molecule has 0 radical (unpaired) electrons. The molecule has 0 spiro atoms. The van der Waals surface area contributed by atoms with Gasteiger partial charge in [0.05, 0.1) is 18.1 Å². The number of rotatable bonds is 3. The third-order valence-electron chi connectivity index (χ3n) is 2.29. The number of nitrogens with zero attached hydrogens (tertiary/aromatic N) is 1. The summed E-state index contributed by atoms with van der Waals surface area (Å²) in [6, 6.07) is 0. The van der Waals surface area contributed by atoms with Gasteiger partial charge < -0.3 is 5.11 Å². The van der Waals surface area contributed by atoms with Crippen molar-refractivity contribution in [3.63, 3.8) is 0 Å². The highest BCUT2D eigenvalue weighted by molar-refractivity contribution is 9.09. The van der Waals surface area contributed by atoms with Crippen molar-refractivity contribution in [3.8, 4) is 0 Å². The van der Waals surface area contributed by atoms with Crippen molar-refractivity contribution in [1.29, 1.82) is 0 Å². The number of carbonyl (C=O) groups is 2. The Balaban J connectivity index is 2.71. The van der Waals surface area contributed by atoms with Crippen molar-refractivity contribution in [1.82, 2.24) is 4.90 Å². The fraction of sp³-hybridized carbons (Fsp3) is 0.778. The minimum absolute atomic E-state index is 0.0896. The summed E-state index contributed by atoms with van der Waals surface area (Å²) in [5.41, 5.74) is -0.608. The van der Waals surface area contributed by atoms with Crippen LogP contribution in [-0.4, -0.2) is 39.8 Å². The molecule has 80 valence electrons. The van der Waals surface area contributed by atoms with E-state index < -0.39 is 11.5 Å². The van der Waals surface area contributed by atoms with Crippen molar-refractivity contribution < 1.29 is 14.7 Å². The van der Waals surface area contributed by atoms with E-state index in [4.69, 9.17) is 0 Å². The summed E-state index contributed by atoms with van der Waals surface area (Å²) in [7, 11) is 0. The third-order valence-corrected chi connectivity index (χ3v) is 3.04. The molecule has 0 aromatic heterocycles. The van der Waals surface area contributed by atoms with Crippen LogP contribution in [0.2, 0.25) is 0 Å². The molecule has 2 amide bonds. The third kappa shape index (κ3) is 2.15. The summed E-state index contributed by atoms with van der Waals surface area (Å²) in [5, 5.41) is 9.70. The molecule has 5 heteroatoms. The van der Waals surface area contributed by atoms with Crippen LogP contribution in [-0.2, 0) is 9.59 Å². The minimum atomic E-state index is -0.684. The minimum Gasteiger partial charge on any atom is -0.390 e. The van der Waals surface area contributed by atoms with Gasteiger partial charge in [0.25, 0.3) is 0 Å². The van der Waals surface area contributed by atoms with Crippen LogP contribution in [0.15, 0.2) is 0 Å². The molecule has 0 aliphatic carbocycles. The van der Waals surface area contributed by atoms with E-state index in [0.29, 0.717) is 5.33 Å². The summed E-state index contributed by atoms with van der Waals surface area (Å²) < 4.78 is 0. The predicted molar refractivity (Wildman–Crippen MR) is 54.9 cm³/mol. The Bertz CT molecular complexity index is 265. The first-order chi connectivity index (χ1) is 6.38. The second-order valence-electron chi connectivity index (χ2n) is 4.18. The molecular formula is C9H14BrNO3. The van der Waals surface area contributed by atoms with Crippen molar-refractivity contribution in [2.24, 2.45) is 5.41 Å². The summed E-state index contributed by atoms with van der Waals surface area (Å²) in [6.45, 7) is 3.58. The van der Waals surface area contributed by atoms with Gasteiger partial charge in [0.15, 0.2) is 0 Å². The van der Waals surface area contributed by atoms with Crippen molar-refractivity contribution in [2.75, 3.05) is 11.9 Å². The molecule has 1 rings (SSSR count). The zero-order valence-corrected chi connectivity index (χ0v) is 9.87. The van der Waals surface area contributed by atoms with Crippen LogP contribution in [0.25, 0.3) is 0 Å². The van der Waals surface area contributed by atoms with Crippen LogP contribution in [0.3, 0.4) is 0 Å². The molecule has 1 heterocycles. The Hall–Kier alpha value is -0.420. The summed E-state index contributed by atoms with van der Waals surface area (Å²) in [5.74, 6) is -0.387. The lowest BCUT2D eigenvalue weighted by molar-refractivity contribution is -0.142. The monoisotopic (exact) mass is 263 g/mol. The largest absolute Gasteiger partial charge is 0.390 e. The van der Waals surface area contributed by atoms with Gasteiger partial charge in [-0.25, -0.2) is 0 Å². The van der Waals surface area contributed by atoms with E-state index in [0.717, 1.165) is 4.90 Å². The number of hydrogen-bond donors (Lipinski definition) is 1. The van der Waals surface area contributed by atoms with Gasteiger partial charge in [-0.3, -0.25) is 14.5 Å². The van der Waals surface area contributed by atoms with Gasteiger partial charge in [0.1, 0.15) is 0 Å². The summed E-state index contributed by atoms with van der Waals surface area (Å²) in [4.78, 5) is 24.2. The molecule has 1 N–H and O–H groups in total. The molecule has 4 nitrogen and oxygen atoms in total. The van der Waals surface area contributed by atoms with Crippen LogP contribution < -0.4 is 0 Å². The number of carbonyl (C=O) groups excluding carboxylic acids is 2. The van der Waals surface area contributed by atoms with Crippen molar-refractivity contribution in [2.45, 2.75) is 26.4 Å². The lowest BCUT2D eigenvalue weighted by Crippen LogP contribution is -2.39. The first kappa shape index (κ1) is 11.7. The molecule has 0 aromatic carbocycles. The second kappa shape index (κ2) is 3.98. The van der Waals surface area contributed by atoms with E-state index in [9.17, 15) is 14.7 Å². The van der Waals surface area contributed by atoms with Crippen LogP contribution in [0, 0.1) is 5.41 Å². The maximum atomic E-state index is 11.7. The fourth-order valence-corrected chi connectivity index (χ4v) is 1.68. The first-order valence-electron chi connectivity index (χ1n) is 4.47. The maximum Gasteiger partial charge on any atom is 0.235 e. The molecule has 14 heavy (non-hydrogen) atoms. The molecule has 0 saturated carbocycles. The standard InChI is InChI=1S/C9H14BrNO3/c1-9(2)3-7(13)11(8(9)14)5-6(12)4-10/h6,12H,3-5H2,1-2H3. The first-order valence-corrected chi connectivity index (χ1v) is 5.59. The molecule has 0 aromatic rings. The average molecular weight is 264 g/mol. The van der Waals surface area contributed by atoms with Gasteiger partial charge >= 0.3 is 0 Å². The highest BCUT2D eigenvalue weighted by Crippen LogP contribution is 2.31. The number of amides is 2. The number of aliphatic hydroxyl groups is 1. The SMILES string of the molecule is CC1(C)CC(=O)N(CC(O)CBr)C1=O. The van der Waals surface area contributed by atoms with Crippen LogP contribution in [0.5, 0.6) is 0 Å². The average Bonchev–Trinajstić information content (AvgIpc) is 2.28. The van der Waals surface area contributed by atoms with E-state index in [1.807, 2.05) is 0 Å². The zero-order valence-electron chi connectivity index (χ0n) is 8.29. The van der Waals surface area contributed by atoms with Gasteiger partial charge in [0, 0.05) is 11.8 Å². The Morgan fingerprint density at radius 2 is 2.14 bits per heavy atom. The maximum absolute atomic E-state index is 11.7. The van der Waals surface area contributed by atoms with Gasteiger partial charge in [-0.05, 0) is 0 Å². The van der Waals surface area contributed by atoms with Crippen LogP contribution in [0.1, 0.15) is 20.3 Å². The number of halogens is 1.